The molecular formula is C19H22N4O3. The van der Waals surface area contributed by atoms with E-state index in [1.165, 1.54) is 32.9 Å². The Labute approximate surface area is 150 Å². The third kappa shape index (κ3) is 2.94. The van der Waals surface area contributed by atoms with Crippen molar-refractivity contribution in [1.29, 1.82) is 0 Å². The van der Waals surface area contributed by atoms with Crippen LogP contribution in [-0.4, -0.2) is 25.9 Å². The number of hydrogen-bond acceptors (Lipinski definition) is 4. The lowest BCUT2D eigenvalue weighted by atomic mass is 9.89. The first-order valence-electron chi connectivity index (χ1n) is 9.02. The molecule has 1 aliphatic rings. The maximum absolute atomic E-state index is 12.9. The van der Waals surface area contributed by atoms with E-state index < -0.39 is 0 Å². The number of fused-ring (bicyclic) bond motifs is 1. The highest BCUT2D eigenvalue weighted by molar-refractivity contribution is 5.43. The fraction of sp³-hybridized carbons (Fsp3) is 0.421. The molecular weight excluding hydrogens is 332 g/mol. The van der Waals surface area contributed by atoms with Gasteiger partial charge in [-0.3, -0.25) is 9.36 Å². The van der Waals surface area contributed by atoms with Gasteiger partial charge in [0, 0.05) is 25.0 Å². The molecule has 0 radical (unpaired) electrons. The lowest BCUT2D eigenvalue weighted by molar-refractivity contribution is 0.304. The Hall–Kier alpha value is -2.83. The van der Waals surface area contributed by atoms with Crippen LogP contribution >= 0.6 is 0 Å². The van der Waals surface area contributed by atoms with Crippen molar-refractivity contribution in [2.24, 2.45) is 5.92 Å². The van der Waals surface area contributed by atoms with Crippen LogP contribution in [0.3, 0.4) is 0 Å². The van der Waals surface area contributed by atoms with Crippen molar-refractivity contribution in [1.82, 2.24) is 18.7 Å². The molecule has 0 N–H and O–H groups in total. The lowest BCUT2D eigenvalue weighted by Crippen LogP contribution is -2.26. The summed E-state index contributed by atoms with van der Waals surface area (Å²) >= 11 is 0. The third-order valence-corrected chi connectivity index (χ3v) is 5.13. The normalized spacial score (nSPS) is 15.4. The van der Waals surface area contributed by atoms with E-state index in [1.54, 1.807) is 25.6 Å². The second kappa shape index (κ2) is 6.82. The molecule has 7 heteroatoms. The van der Waals surface area contributed by atoms with E-state index in [-0.39, 0.29) is 16.9 Å². The lowest BCUT2D eigenvalue weighted by Gasteiger charge is -2.20. The van der Waals surface area contributed by atoms with Crippen LogP contribution in [0.5, 0.6) is 5.75 Å². The Kier molecular flexibility index (Phi) is 4.36. The molecule has 0 amide bonds. The molecule has 0 unspecified atom stereocenters. The molecule has 2 aromatic heterocycles. The van der Waals surface area contributed by atoms with Crippen molar-refractivity contribution >= 4 is 5.65 Å². The van der Waals surface area contributed by atoms with E-state index in [2.05, 4.69) is 5.10 Å². The van der Waals surface area contributed by atoms with E-state index in [1.807, 2.05) is 18.2 Å². The van der Waals surface area contributed by atoms with E-state index in [4.69, 9.17) is 4.74 Å². The number of methoxy groups -OCH3 is 1. The highest BCUT2D eigenvalue weighted by Crippen LogP contribution is 2.24. The Morgan fingerprint density at radius 1 is 1.15 bits per heavy atom. The van der Waals surface area contributed by atoms with Gasteiger partial charge in [0.2, 0.25) is 5.65 Å². The topological polar surface area (TPSA) is 70.5 Å². The zero-order valence-corrected chi connectivity index (χ0v) is 14.8. The number of rotatable bonds is 4. The zero-order chi connectivity index (χ0) is 18.1. The summed E-state index contributed by atoms with van der Waals surface area (Å²) in [5, 5.41) is 4.34. The van der Waals surface area contributed by atoms with Crippen molar-refractivity contribution in [3.05, 3.63) is 57.5 Å². The van der Waals surface area contributed by atoms with Crippen LogP contribution in [0.4, 0.5) is 0 Å². The first-order valence-corrected chi connectivity index (χ1v) is 9.02. The monoisotopic (exact) mass is 354 g/mol. The van der Waals surface area contributed by atoms with Crippen LogP contribution in [0, 0.1) is 5.92 Å². The standard InChI is InChI=1S/C19H22N4O3/c1-26-16-9-5-8-15(12-16)21-10-11-22-17(18(21)24)20-23(19(22)25)13-14-6-3-2-4-7-14/h5,8-12,14H,2-4,6-7,13H2,1H3. The second-order valence-electron chi connectivity index (χ2n) is 6.84. The van der Waals surface area contributed by atoms with Crippen LogP contribution in [0.1, 0.15) is 32.1 Å². The fourth-order valence-corrected chi connectivity index (χ4v) is 3.71. The molecule has 2 heterocycles. The van der Waals surface area contributed by atoms with Gasteiger partial charge in [-0.15, -0.1) is 5.10 Å². The van der Waals surface area contributed by atoms with E-state index in [0.29, 0.717) is 23.9 Å². The molecule has 26 heavy (non-hydrogen) atoms. The number of aromatic nitrogens is 4. The number of ether oxygens (including phenoxy) is 1. The van der Waals surface area contributed by atoms with Crippen molar-refractivity contribution < 1.29 is 4.74 Å². The highest BCUT2D eigenvalue weighted by atomic mass is 16.5. The molecule has 4 rings (SSSR count). The van der Waals surface area contributed by atoms with Gasteiger partial charge in [-0.1, -0.05) is 25.3 Å². The number of hydrogen-bond donors (Lipinski definition) is 0. The average molecular weight is 354 g/mol. The summed E-state index contributed by atoms with van der Waals surface area (Å²) in [4.78, 5) is 25.5. The smallest absolute Gasteiger partial charge is 0.350 e. The molecule has 1 aliphatic carbocycles. The summed E-state index contributed by atoms with van der Waals surface area (Å²) in [6.45, 7) is 0.582. The van der Waals surface area contributed by atoms with E-state index in [9.17, 15) is 9.59 Å². The number of nitrogens with zero attached hydrogens (tertiary/aromatic N) is 4. The van der Waals surface area contributed by atoms with Gasteiger partial charge in [0.15, 0.2) is 0 Å². The minimum atomic E-state index is -0.319. The van der Waals surface area contributed by atoms with Crippen molar-refractivity contribution in [2.75, 3.05) is 7.11 Å². The molecule has 0 saturated heterocycles. The maximum Gasteiger partial charge on any atom is 0.350 e. The molecule has 1 saturated carbocycles. The first-order chi connectivity index (χ1) is 12.7. The van der Waals surface area contributed by atoms with Crippen molar-refractivity contribution in [2.45, 2.75) is 38.6 Å². The highest BCUT2D eigenvalue weighted by Gasteiger charge is 2.18. The third-order valence-electron chi connectivity index (χ3n) is 5.13. The van der Waals surface area contributed by atoms with E-state index in [0.717, 1.165) is 12.8 Å². The average Bonchev–Trinajstić information content (AvgIpc) is 3.00. The minimum absolute atomic E-state index is 0.149. The fourth-order valence-electron chi connectivity index (χ4n) is 3.71. The molecule has 0 bridgehead atoms. The SMILES string of the molecule is COc1cccc(-n2ccn3c(=O)n(CC4CCCCC4)nc3c2=O)c1. The number of benzene rings is 1. The Bertz CT molecular complexity index is 1040. The molecule has 136 valence electrons. The Balaban J connectivity index is 1.75. The molecule has 0 aliphatic heterocycles. The van der Waals surface area contributed by atoms with Gasteiger partial charge in [0.1, 0.15) is 5.75 Å². The molecule has 1 aromatic carbocycles. The summed E-state index contributed by atoms with van der Waals surface area (Å²) in [7, 11) is 1.58. The minimum Gasteiger partial charge on any atom is -0.497 e. The summed E-state index contributed by atoms with van der Waals surface area (Å²) in [6.07, 6.45) is 9.11. The molecule has 3 aromatic rings. The first kappa shape index (κ1) is 16.6. The molecule has 7 nitrogen and oxygen atoms in total. The van der Waals surface area contributed by atoms with E-state index >= 15 is 0 Å². The maximum atomic E-state index is 12.9. The Morgan fingerprint density at radius 2 is 1.96 bits per heavy atom. The van der Waals surface area contributed by atoms with Gasteiger partial charge >= 0.3 is 11.2 Å². The summed E-state index contributed by atoms with van der Waals surface area (Å²) in [5.41, 5.74) is 0.253. The van der Waals surface area contributed by atoms with Crippen LogP contribution < -0.4 is 16.0 Å². The van der Waals surface area contributed by atoms with Gasteiger partial charge in [0.25, 0.3) is 0 Å². The predicted octanol–water partition coefficient (Wildman–Crippen LogP) is 2.24. The van der Waals surface area contributed by atoms with Crippen molar-refractivity contribution in [3.63, 3.8) is 0 Å². The second-order valence-corrected chi connectivity index (χ2v) is 6.84. The van der Waals surface area contributed by atoms with Gasteiger partial charge < -0.3 is 4.74 Å². The summed E-state index contributed by atoms with van der Waals surface area (Å²) < 4.78 is 9.48. The van der Waals surface area contributed by atoms with Gasteiger partial charge in [0.05, 0.1) is 12.8 Å². The van der Waals surface area contributed by atoms with Crippen LogP contribution in [-0.2, 0) is 6.54 Å². The molecule has 1 fully saturated rings. The van der Waals surface area contributed by atoms with Crippen LogP contribution in [0.2, 0.25) is 0 Å². The van der Waals surface area contributed by atoms with Gasteiger partial charge in [-0.2, -0.15) is 0 Å². The quantitative estimate of drug-likeness (QED) is 0.720. The predicted molar refractivity (Wildman–Crippen MR) is 98.2 cm³/mol. The summed E-state index contributed by atoms with van der Waals surface area (Å²) in [5.74, 6) is 1.13. The Morgan fingerprint density at radius 3 is 2.73 bits per heavy atom. The molecule has 0 spiro atoms. The molecule has 0 atom stereocenters. The summed E-state index contributed by atoms with van der Waals surface area (Å²) in [6, 6.07) is 7.22. The van der Waals surface area contributed by atoms with Crippen LogP contribution in [0.15, 0.2) is 46.2 Å². The van der Waals surface area contributed by atoms with Gasteiger partial charge in [-0.25, -0.2) is 13.9 Å². The van der Waals surface area contributed by atoms with Crippen LogP contribution in [0.25, 0.3) is 11.3 Å². The van der Waals surface area contributed by atoms with Crippen molar-refractivity contribution in [3.8, 4) is 11.4 Å². The largest absolute Gasteiger partial charge is 0.497 e. The van der Waals surface area contributed by atoms with Gasteiger partial charge in [-0.05, 0) is 30.9 Å². The zero-order valence-electron chi connectivity index (χ0n) is 14.8.